The van der Waals surface area contributed by atoms with Crippen LogP contribution in [0.5, 0.6) is 5.75 Å². The van der Waals surface area contributed by atoms with Gasteiger partial charge in [-0.2, -0.15) is 0 Å². The van der Waals surface area contributed by atoms with E-state index < -0.39 is 0 Å². The van der Waals surface area contributed by atoms with Crippen LogP contribution in [0, 0.1) is 11.3 Å². The molecule has 0 saturated heterocycles. The van der Waals surface area contributed by atoms with Crippen LogP contribution in [-0.4, -0.2) is 17.7 Å². The highest BCUT2D eigenvalue weighted by Gasteiger charge is 2.28. The van der Waals surface area contributed by atoms with Crippen LogP contribution in [0.3, 0.4) is 0 Å². The molecule has 1 aliphatic rings. The van der Waals surface area contributed by atoms with Crippen molar-refractivity contribution in [3.8, 4) is 5.75 Å². The van der Waals surface area contributed by atoms with Gasteiger partial charge in [-0.05, 0) is 54.8 Å². The van der Waals surface area contributed by atoms with Gasteiger partial charge in [0.1, 0.15) is 5.75 Å². The third-order valence-corrected chi connectivity index (χ3v) is 3.85. The first-order valence-electron chi connectivity index (χ1n) is 6.96. The lowest BCUT2D eigenvalue weighted by Crippen LogP contribution is -2.34. The minimum Gasteiger partial charge on any atom is -0.508 e. The van der Waals surface area contributed by atoms with E-state index in [0.717, 1.165) is 19.0 Å². The van der Waals surface area contributed by atoms with Crippen LogP contribution < -0.4 is 5.32 Å². The second-order valence-corrected chi connectivity index (χ2v) is 6.62. The number of phenols is 1. The summed E-state index contributed by atoms with van der Waals surface area (Å²) in [6.07, 6.45) is 3.70. The lowest BCUT2D eigenvalue weighted by molar-refractivity contribution is 0.230. The molecule has 2 N–H and O–H groups in total. The van der Waals surface area contributed by atoms with Crippen LogP contribution in [-0.2, 0) is 6.42 Å². The third kappa shape index (κ3) is 4.02. The number of phenolic OH excluding ortho intramolecular Hbond substituents is 1. The van der Waals surface area contributed by atoms with E-state index in [1.807, 2.05) is 12.1 Å². The lowest BCUT2D eigenvalue weighted by atomic mass is 9.77. The summed E-state index contributed by atoms with van der Waals surface area (Å²) in [5.74, 6) is 0.968. The summed E-state index contributed by atoms with van der Waals surface area (Å²) in [6.45, 7) is 7.98. The van der Waals surface area contributed by atoms with Gasteiger partial charge in [0, 0.05) is 6.04 Å². The second-order valence-electron chi connectivity index (χ2n) is 6.62. The van der Waals surface area contributed by atoms with Crippen molar-refractivity contribution < 1.29 is 5.11 Å². The largest absolute Gasteiger partial charge is 0.508 e. The Morgan fingerprint density at radius 2 is 2.06 bits per heavy atom. The lowest BCUT2D eigenvalue weighted by Gasteiger charge is -2.31. The molecule has 1 aliphatic carbocycles. The van der Waals surface area contributed by atoms with Crippen molar-refractivity contribution in [1.82, 2.24) is 5.32 Å². The van der Waals surface area contributed by atoms with Gasteiger partial charge in [0.2, 0.25) is 0 Å². The summed E-state index contributed by atoms with van der Waals surface area (Å²) >= 11 is 0. The maximum Gasteiger partial charge on any atom is 0.115 e. The normalized spacial score (nSPS) is 17.7. The maximum absolute atomic E-state index is 9.54. The number of rotatable bonds is 5. The van der Waals surface area contributed by atoms with E-state index in [1.165, 1.54) is 18.4 Å². The smallest absolute Gasteiger partial charge is 0.115 e. The minimum absolute atomic E-state index is 0.285. The van der Waals surface area contributed by atoms with Crippen molar-refractivity contribution in [2.75, 3.05) is 6.54 Å². The Morgan fingerprint density at radius 1 is 1.33 bits per heavy atom. The summed E-state index contributed by atoms with van der Waals surface area (Å²) in [5.41, 5.74) is 1.51. The van der Waals surface area contributed by atoms with Crippen molar-refractivity contribution in [1.29, 1.82) is 0 Å². The molecule has 1 fully saturated rings. The van der Waals surface area contributed by atoms with Crippen molar-refractivity contribution in [2.45, 2.75) is 46.1 Å². The molecule has 0 aromatic heterocycles. The van der Waals surface area contributed by atoms with Gasteiger partial charge in [0.05, 0.1) is 0 Å². The number of nitrogens with one attached hydrogen (secondary N) is 1. The van der Waals surface area contributed by atoms with Crippen LogP contribution in [0.15, 0.2) is 24.3 Å². The molecule has 18 heavy (non-hydrogen) atoms. The number of hydrogen-bond donors (Lipinski definition) is 2. The van der Waals surface area contributed by atoms with Crippen LogP contribution in [0.25, 0.3) is 0 Å². The van der Waals surface area contributed by atoms with Crippen molar-refractivity contribution >= 4 is 0 Å². The van der Waals surface area contributed by atoms with Gasteiger partial charge in [-0.15, -0.1) is 0 Å². The summed E-state index contributed by atoms with van der Waals surface area (Å²) in [5, 5.41) is 13.2. The predicted octanol–water partition coefficient (Wildman–Crippen LogP) is 3.35. The fraction of sp³-hybridized carbons (Fsp3) is 0.625. The fourth-order valence-corrected chi connectivity index (χ4v) is 2.25. The Bertz CT molecular complexity index is 390. The zero-order valence-corrected chi connectivity index (χ0v) is 11.7. The van der Waals surface area contributed by atoms with Crippen molar-refractivity contribution in [3.63, 3.8) is 0 Å². The van der Waals surface area contributed by atoms with Gasteiger partial charge in [-0.25, -0.2) is 0 Å². The first kappa shape index (κ1) is 13.4. The minimum atomic E-state index is 0.285. The first-order chi connectivity index (χ1) is 8.45. The second kappa shape index (κ2) is 5.31. The molecule has 0 spiro atoms. The third-order valence-electron chi connectivity index (χ3n) is 3.85. The van der Waals surface area contributed by atoms with Crippen LogP contribution in [0.2, 0.25) is 0 Å². The van der Waals surface area contributed by atoms with E-state index in [9.17, 15) is 5.11 Å². The number of hydrogen-bond acceptors (Lipinski definition) is 2. The van der Waals surface area contributed by atoms with Crippen LogP contribution in [0.1, 0.15) is 39.2 Å². The first-order valence-corrected chi connectivity index (χ1v) is 6.96. The van der Waals surface area contributed by atoms with Gasteiger partial charge in [-0.3, -0.25) is 0 Å². The molecular weight excluding hydrogens is 222 g/mol. The molecule has 1 atom stereocenters. The number of benzene rings is 1. The Hall–Kier alpha value is -1.02. The van der Waals surface area contributed by atoms with Gasteiger partial charge in [0.15, 0.2) is 0 Å². The quantitative estimate of drug-likeness (QED) is 0.836. The molecule has 1 aromatic rings. The predicted molar refractivity (Wildman–Crippen MR) is 75.8 cm³/mol. The SMILES string of the molecule is CC(C)(C)C(CNC1CC1)Cc1cccc(O)c1. The van der Waals surface area contributed by atoms with Crippen LogP contribution in [0.4, 0.5) is 0 Å². The average Bonchev–Trinajstić information content (AvgIpc) is 3.06. The summed E-state index contributed by atoms with van der Waals surface area (Å²) in [4.78, 5) is 0. The molecule has 1 saturated carbocycles. The molecule has 1 aromatic carbocycles. The van der Waals surface area contributed by atoms with Gasteiger partial charge < -0.3 is 10.4 Å². The van der Waals surface area contributed by atoms with Gasteiger partial charge >= 0.3 is 0 Å². The average molecular weight is 247 g/mol. The molecule has 0 amide bonds. The topological polar surface area (TPSA) is 32.3 Å². The molecule has 2 nitrogen and oxygen atoms in total. The zero-order chi connectivity index (χ0) is 13.2. The van der Waals surface area contributed by atoms with E-state index >= 15 is 0 Å². The van der Waals surface area contributed by atoms with E-state index in [-0.39, 0.29) is 5.41 Å². The van der Waals surface area contributed by atoms with E-state index in [2.05, 4.69) is 32.2 Å². The standard InChI is InChI=1S/C16H25NO/c1-16(2,3)13(11-17-14-7-8-14)9-12-5-4-6-15(18)10-12/h4-6,10,13-14,17-18H,7-9,11H2,1-3H3. The highest BCUT2D eigenvalue weighted by molar-refractivity contribution is 5.27. The summed E-state index contributed by atoms with van der Waals surface area (Å²) in [6, 6.07) is 8.42. The maximum atomic E-state index is 9.54. The Kier molecular flexibility index (Phi) is 3.96. The molecule has 2 heteroatoms. The van der Waals surface area contributed by atoms with Crippen molar-refractivity contribution in [3.05, 3.63) is 29.8 Å². The van der Waals surface area contributed by atoms with E-state index in [1.54, 1.807) is 6.07 Å². The molecule has 100 valence electrons. The van der Waals surface area contributed by atoms with Gasteiger partial charge in [-0.1, -0.05) is 32.9 Å². The molecule has 0 heterocycles. The highest BCUT2D eigenvalue weighted by atomic mass is 16.3. The monoisotopic (exact) mass is 247 g/mol. The number of aromatic hydroxyl groups is 1. The van der Waals surface area contributed by atoms with Gasteiger partial charge in [0.25, 0.3) is 0 Å². The highest BCUT2D eigenvalue weighted by Crippen LogP contribution is 2.30. The van der Waals surface area contributed by atoms with E-state index in [0.29, 0.717) is 11.7 Å². The molecule has 0 bridgehead atoms. The van der Waals surface area contributed by atoms with Crippen LogP contribution >= 0.6 is 0 Å². The Balaban J connectivity index is 1.99. The Labute approximate surface area is 110 Å². The summed E-state index contributed by atoms with van der Waals surface area (Å²) in [7, 11) is 0. The van der Waals surface area contributed by atoms with Crippen molar-refractivity contribution in [2.24, 2.45) is 11.3 Å². The Morgan fingerprint density at radius 3 is 2.61 bits per heavy atom. The zero-order valence-electron chi connectivity index (χ0n) is 11.7. The molecule has 0 radical (unpaired) electrons. The fourth-order valence-electron chi connectivity index (χ4n) is 2.25. The molecule has 2 rings (SSSR count). The summed E-state index contributed by atoms with van der Waals surface area (Å²) < 4.78 is 0. The molecule has 0 aliphatic heterocycles. The van der Waals surface area contributed by atoms with E-state index in [4.69, 9.17) is 0 Å². The molecular formula is C16H25NO. The molecule has 1 unspecified atom stereocenters.